The Balaban J connectivity index is 1.98. The summed E-state index contributed by atoms with van der Waals surface area (Å²) in [6.45, 7) is 4.99. The van der Waals surface area contributed by atoms with Gasteiger partial charge in [-0.15, -0.1) is 0 Å². The topological polar surface area (TPSA) is 58.4 Å². The zero-order valence-electron chi connectivity index (χ0n) is 10.8. The Kier molecular flexibility index (Phi) is 3.81. The Bertz CT molecular complexity index is 448. The summed E-state index contributed by atoms with van der Waals surface area (Å²) in [5.74, 6) is 0.634. The summed E-state index contributed by atoms with van der Waals surface area (Å²) in [7, 11) is 2.12. The highest BCUT2D eigenvalue weighted by molar-refractivity contribution is 5.53. The van der Waals surface area contributed by atoms with Crippen molar-refractivity contribution in [2.45, 2.75) is 13.3 Å². The first-order chi connectivity index (χ1) is 8.54. The molecule has 1 aliphatic heterocycles. The number of nitro benzene ring substituents is 1. The van der Waals surface area contributed by atoms with Gasteiger partial charge < -0.3 is 10.2 Å². The second-order valence-electron chi connectivity index (χ2n) is 5.11. The first kappa shape index (κ1) is 12.8. The SMILES string of the molecule is Cc1cc(NCC2CCN(C)C2)cc([N+](=O)[O-])c1. The highest BCUT2D eigenvalue weighted by Gasteiger charge is 2.19. The second-order valence-corrected chi connectivity index (χ2v) is 5.11. The standard InChI is InChI=1S/C13H19N3O2/c1-10-5-12(7-13(6-10)16(17)18)14-8-11-3-4-15(2)9-11/h5-7,11,14H,3-4,8-9H2,1-2H3. The van der Waals surface area contributed by atoms with Crippen LogP contribution in [0.4, 0.5) is 11.4 Å². The van der Waals surface area contributed by atoms with Crippen LogP contribution in [0.2, 0.25) is 0 Å². The van der Waals surface area contributed by atoms with Crippen molar-refractivity contribution in [1.29, 1.82) is 0 Å². The Morgan fingerprint density at radius 2 is 2.28 bits per heavy atom. The summed E-state index contributed by atoms with van der Waals surface area (Å²) in [6, 6.07) is 5.14. The van der Waals surface area contributed by atoms with Crippen molar-refractivity contribution in [3.05, 3.63) is 33.9 Å². The minimum atomic E-state index is -0.346. The van der Waals surface area contributed by atoms with E-state index < -0.39 is 0 Å². The molecule has 1 atom stereocenters. The van der Waals surface area contributed by atoms with Gasteiger partial charge in [0.2, 0.25) is 0 Å². The van der Waals surface area contributed by atoms with E-state index in [-0.39, 0.29) is 10.6 Å². The summed E-state index contributed by atoms with van der Waals surface area (Å²) in [4.78, 5) is 12.7. The quantitative estimate of drug-likeness (QED) is 0.657. The minimum Gasteiger partial charge on any atom is -0.385 e. The van der Waals surface area contributed by atoms with Crippen molar-refractivity contribution in [3.63, 3.8) is 0 Å². The van der Waals surface area contributed by atoms with Gasteiger partial charge >= 0.3 is 0 Å². The van der Waals surface area contributed by atoms with Gasteiger partial charge in [0, 0.05) is 30.9 Å². The molecule has 0 amide bonds. The van der Waals surface area contributed by atoms with E-state index >= 15 is 0 Å². The molecule has 5 heteroatoms. The van der Waals surface area contributed by atoms with Crippen LogP contribution in [-0.4, -0.2) is 36.5 Å². The molecule has 0 saturated carbocycles. The molecule has 1 aromatic rings. The number of aryl methyl sites for hydroxylation is 1. The second kappa shape index (κ2) is 5.35. The number of hydrogen-bond donors (Lipinski definition) is 1. The summed E-state index contributed by atoms with van der Waals surface area (Å²) >= 11 is 0. The fraction of sp³-hybridized carbons (Fsp3) is 0.538. The third kappa shape index (κ3) is 3.20. The van der Waals surface area contributed by atoms with E-state index in [1.165, 1.54) is 6.42 Å². The van der Waals surface area contributed by atoms with Crippen LogP contribution in [0.5, 0.6) is 0 Å². The van der Waals surface area contributed by atoms with Crippen molar-refractivity contribution in [3.8, 4) is 0 Å². The predicted octanol–water partition coefficient (Wildman–Crippen LogP) is 2.27. The van der Waals surface area contributed by atoms with E-state index in [2.05, 4.69) is 17.3 Å². The molecule has 1 aliphatic rings. The maximum atomic E-state index is 10.8. The fourth-order valence-corrected chi connectivity index (χ4v) is 2.43. The Morgan fingerprint density at radius 3 is 2.89 bits per heavy atom. The van der Waals surface area contributed by atoms with Gasteiger partial charge in [-0.25, -0.2) is 0 Å². The first-order valence-corrected chi connectivity index (χ1v) is 6.23. The number of non-ortho nitro benzene ring substituents is 1. The molecular formula is C13H19N3O2. The van der Waals surface area contributed by atoms with Crippen LogP contribution in [0, 0.1) is 23.0 Å². The lowest BCUT2D eigenvalue weighted by Crippen LogP contribution is -2.19. The summed E-state index contributed by atoms with van der Waals surface area (Å²) in [6.07, 6.45) is 1.19. The number of anilines is 1. The lowest BCUT2D eigenvalue weighted by Gasteiger charge is -2.13. The van der Waals surface area contributed by atoms with Gasteiger partial charge in [-0.2, -0.15) is 0 Å². The minimum absolute atomic E-state index is 0.154. The molecule has 0 aliphatic carbocycles. The lowest BCUT2D eigenvalue weighted by molar-refractivity contribution is -0.384. The van der Waals surface area contributed by atoms with E-state index in [9.17, 15) is 10.1 Å². The van der Waals surface area contributed by atoms with Crippen molar-refractivity contribution >= 4 is 11.4 Å². The summed E-state index contributed by atoms with van der Waals surface area (Å²) in [5, 5.41) is 14.1. The van der Waals surface area contributed by atoms with Crippen LogP contribution in [0.15, 0.2) is 18.2 Å². The van der Waals surface area contributed by atoms with Gasteiger partial charge in [0.15, 0.2) is 0 Å². The molecule has 5 nitrogen and oxygen atoms in total. The maximum absolute atomic E-state index is 10.8. The third-order valence-electron chi connectivity index (χ3n) is 3.36. The van der Waals surface area contributed by atoms with Crippen molar-refractivity contribution in [2.75, 3.05) is 32.0 Å². The number of benzene rings is 1. The number of nitro groups is 1. The van der Waals surface area contributed by atoms with E-state index in [4.69, 9.17) is 0 Å². The van der Waals surface area contributed by atoms with Gasteiger partial charge in [-0.3, -0.25) is 10.1 Å². The molecule has 0 radical (unpaired) electrons. The van der Waals surface area contributed by atoms with Gasteiger partial charge in [-0.05, 0) is 44.5 Å². The smallest absolute Gasteiger partial charge is 0.271 e. The Labute approximate surface area is 107 Å². The van der Waals surface area contributed by atoms with Crippen molar-refractivity contribution < 1.29 is 4.92 Å². The number of rotatable bonds is 4. The normalized spacial score (nSPS) is 20.0. The molecule has 1 N–H and O–H groups in total. The molecule has 0 spiro atoms. The Morgan fingerprint density at radius 1 is 1.50 bits per heavy atom. The van der Waals surface area contributed by atoms with Crippen LogP contribution in [0.3, 0.4) is 0 Å². The maximum Gasteiger partial charge on any atom is 0.271 e. The van der Waals surface area contributed by atoms with Crippen molar-refractivity contribution in [2.24, 2.45) is 5.92 Å². The predicted molar refractivity (Wildman–Crippen MR) is 71.9 cm³/mol. The van der Waals surface area contributed by atoms with Crippen LogP contribution >= 0.6 is 0 Å². The van der Waals surface area contributed by atoms with Gasteiger partial charge in [0.05, 0.1) is 4.92 Å². The third-order valence-corrected chi connectivity index (χ3v) is 3.36. The molecule has 18 heavy (non-hydrogen) atoms. The first-order valence-electron chi connectivity index (χ1n) is 6.23. The van der Waals surface area contributed by atoms with Crippen LogP contribution in [-0.2, 0) is 0 Å². The number of nitrogens with zero attached hydrogens (tertiary/aromatic N) is 2. The molecule has 1 saturated heterocycles. The van der Waals surface area contributed by atoms with Gasteiger partial charge in [0.1, 0.15) is 0 Å². The molecule has 1 aromatic carbocycles. The highest BCUT2D eigenvalue weighted by Crippen LogP contribution is 2.22. The molecule has 0 bridgehead atoms. The van der Waals surface area contributed by atoms with E-state index in [0.29, 0.717) is 5.92 Å². The zero-order valence-corrected chi connectivity index (χ0v) is 10.8. The molecule has 98 valence electrons. The molecule has 1 unspecified atom stereocenters. The van der Waals surface area contributed by atoms with E-state index in [0.717, 1.165) is 30.9 Å². The molecule has 2 rings (SSSR count). The zero-order chi connectivity index (χ0) is 13.1. The Hall–Kier alpha value is -1.62. The van der Waals surface area contributed by atoms with E-state index in [1.807, 2.05) is 13.0 Å². The molecule has 1 heterocycles. The fourth-order valence-electron chi connectivity index (χ4n) is 2.43. The average molecular weight is 249 g/mol. The van der Waals surface area contributed by atoms with Gasteiger partial charge in [-0.1, -0.05) is 0 Å². The summed E-state index contributed by atoms with van der Waals surface area (Å²) < 4.78 is 0. The summed E-state index contributed by atoms with van der Waals surface area (Å²) in [5.41, 5.74) is 1.91. The molecule has 1 fully saturated rings. The van der Waals surface area contributed by atoms with Crippen LogP contribution in [0.1, 0.15) is 12.0 Å². The average Bonchev–Trinajstić information content (AvgIpc) is 2.72. The van der Waals surface area contributed by atoms with Gasteiger partial charge in [0.25, 0.3) is 5.69 Å². The molecular weight excluding hydrogens is 230 g/mol. The highest BCUT2D eigenvalue weighted by atomic mass is 16.6. The number of nitrogens with one attached hydrogen (secondary N) is 1. The largest absolute Gasteiger partial charge is 0.385 e. The molecule has 0 aromatic heterocycles. The van der Waals surface area contributed by atoms with Crippen LogP contribution < -0.4 is 5.32 Å². The van der Waals surface area contributed by atoms with Crippen molar-refractivity contribution in [1.82, 2.24) is 4.90 Å². The van der Waals surface area contributed by atoms with E-state index in [1.54, 1.807) is 12.1 Å². The number of hydrogen-bond acceptors (Lipinski definition) is 4. The lowest BCUT2D eigenvalue weighted by atomic mass is 10.1. The van der Waals surface area contributed by atoms with Crippen LogP contribution in [0.25, 0.3) is 0 Å². The number of likely N-dealkylation sites (tertiary alicyclic amines) is 1. The monoisotopic (exact) mass is 249 g/mol.